The zero-order valence-corrected chi connectivity index (χ0v) is 16.1. The highest BCUT2D eigenvalue weighted by molar-refractivity contribution is 7.80. The Balaban J connectivity index is -0.0000000995. The van der Waals surface area contributed by atoms with Gasteiger partial charge >= 0.3 is 0 Å². The molecule has 0 spiro atoms. The standard InChI is InChI=1S/2C4H12N.C3H4O2.C2H6O4S/c2*1-5(2,3)4;1-2-3(4)5;1-2-6-7(3,4)5/h2*1-4H3;2H,1H2,(H,4,5);2H2,1H3,(H,3,4,5)/q2*+1;;/p-2. The maximum atomic E-state index is 9.45. The van der Waals surface area contributed by atoms with E-state index in [1.165, 1.54) is 6.92 Å². The molecule has 9 heteroatoms. The van der Waals surface area contributed by atoms with Gasteiger partial charge in [0.1, 0.15) is 0 Å². The molecule has 136 valence electrons. The quantitative estimate of drug-likeness (QED) is 0.283. The van der Waals surface area contributed by atoms with Gasteiger partial charge in [0.25, 0.3) is 0 Å². The van der Waals surface area contributed by atoms with Crippen molar-refractivity contribution in [2.24, 2.45) is 0 Å². The summed E-state index contributed by atoms with van der Waals surface area (Å²) in [5, 5.41) is 9.14. The molecule has 0 radical (unpaired) electrons. The molecule has 0 rings (SSSR count). The summed E-state index contributed by atoms with van der Waals surface area (Å²) in [6.07, 6.45) is 0.722. The molecule has 0 amide bonds. The van der Waals surface area contributed by atoms with E-state index in [0.717, 1.165) is 15.0 Å². The third kappa shape index (κ3) is 246. The second-order valence-electron chi connectivity index (χ2n) is 6.70. The van der Waals surface area contributed by atoms with Crippen LogP contribution in [0.5, 0.6) is 0 Å². The van der Waals surface area contributed by atoms with E-state index in [1.54, 1.807) is 0 Å². The average molecular weight is 344 g/mol. The van der Waals surface area contributed by atoms with Crippen LogP contribution in [0.15, 0.2) is 12.7 Å². The summed E-state index contributed by atoms with van der Waals surface area (Å²) in [6.45, 7) is 4.23. The van der Waals surface area contributed by atoms with E-state index in [9.17, 15) is 13.0 Å². The smallest absolute Gasteiger partial charge is 0.217 e. The zero-order valence-electron chi connectivity index (χ0n) is 15.2. The highest BCUT2D eigenvalue weighted by atomic mass is 32.3. The summed E-state index contributed by atoms with van der Waals surface area (Å²) in [5.41, 5.74) is 0. The molecule has 0 aliphatic heterocycles. The van der Waals surface area contributed by atoms with E-state index in [2.05, 4.69) is 67.1 Å². The number of quaternary nitrogens is 2. The molecule has 0 aliphatic rings. The Hall–Kier alpha value is -1.00. The van der Waals surface area contributed by atoms with Gasteiger partial charge in [-0.15, -0.1) is 0 Å². The fourth-order valence-electron chi connectivity index (χ4n) is 0.144. The predicted molar refractivity (Wildman–Crippen MR) is 84.4 cm³/mol. The molecule has 22 heavy (non-hydrogen) atoms. The summed E-state index contributed by atoms with van der Waals surface area (Å²) >= 11 is 0. The molecular weight excluding hydrogens is 312 g/mol. The van der Waals surface area contributed by atoms with Gasteiger partial charge in [0.05, 0.1) is 69.0 Å². The van der Waals surface area contributed by atoms with Crippen molar-refractivity contribution in [1.29, 1.82) is 0 Å². The average Bonchev–Trinajstić information content (AvgIpc) is 2.10. The van der Waals surface area contributed by atoms with Crippen molar-refractivity contribution in [2.45, 2.75) is 6.92 Å². The third-order valence-electron chi connectivity index (χ3n) is 0.429. The van der Waals surface area contributed by atoms with Gasteiger partial charge in [0.2, 0.25) is 10.4 Å². The number of carboxylic acids is 1. The molecule has 0 atom stereocenters. The van der Waals surface area contributed by atoms with Gasteiger partial charge in [-0.1, -0.05) is 6.58 Å². The van der Waals surface area contributed by atoms with Gasteiger partial charge in [-0.3, -0.25) is 4.18 Å². The zero-order chi connectivity index (χ0) is 19.2. The van der Waals surface area contributed by atoms with Gasteiger partial charge in [-0.25, -0.2) is 8.42 Å². The lowest BCUT2D eigenvalue weighted by Gasteiger charge is -2.14. The number of aliphatic carboxylic acids is 1. The van der Waals surface area contributed by atoms with Gasteiger partial charge in [0, 0.05) is 0 Å². The summed E-state index contributed by atoms with van der Waals surface area (Å²) in [5.74, 6) is -1.23. The lowest BCUT2D eigenvalue weighted by Crippen LogP contribution is -2.27. The molecule has 0 fully saturated rings. The number of carbonyl (C=O) groups excluding carboxylic acids is 1. The Morgan fingerprint density at radius 3 is 1.23 bits per heavy atom. The fraction of sp³-hybridized carbons (Fsp3) is 0.769. The van der Waals surface area contributed by atoms with Gasteiger partial charge < -0.3 is 23.4 Å². The first kappa shape index (κ1) is 29.1. The van der Waals surface area contributed by atoms with E-state index < -0.39 is 16.4 Å². The van der Waals surface area contributed by atoms with Crippen molar-refractivity contribution in [3.05, 3.63) is 12.7 Å². The predicted octanol–water partition coefficient (Wildman–Crippen LogP) is -0.950. The van der Waals surface area contributed by atoms with E-state index in [4.69, 9.17) is 9.90 Å². The monoisotopic (exact) mass is 344 g/mol. The molecule has 0 aromatic rings. The van der Waals surface area contributed by atoms with Crippen LogP contribution in [0.1, 0.15) is 6.92 Å². The van der Waals surface area contributed by atoms with Crippen LogP contribution in [0.3, 0.4) is 0 Å². The van der Waals surface area contributed by atoms with Crippen LogP contribution in [0.25, 0.3) is 0 Å². The number of rotatable bonds is 3. The van der Waals surface area contributed by atoms with E-state index >= 15 is 0 Å². The van der Waals surface area contributed by atoms with Crippen LogP contribution < -0.4 is 5.11 Å². The maximum absolute atomic E-state index is 9.45. The van der Waals surface area contributed by atoms with Crippen LogP contribution in [-0.2, 0) is 19.4 Å². The molecule has 0 aliphatic carbocycles. The number of carboxylic acid groups (broad SMARTS) is 1. The molecular formula is C13H32N2O6S. The van der Waals surface area contributed by atoms with Crippen molar-refractivity contribution in [2.75, 3.05) is 63.0 Å². The SMILES string of the molecule is C=CC(=O)[O-].CCOS(=O)(=O)[O-].C[N+](C)(C)C.C[N+](C)(C)C. The van der Waals surface area contributed by atoms with Crippen molar-refractivity contribution in [3.63, 3.8) is 0 Å². The van der Waals surface area contributed by atoms with E-state index in [0.29, 0.717) is 0 Å². The van der Waals surface area contributed by atoms with Crippen molar-refractivity contribution in [1.82, 2.24) is 0 Å². The second-order valence-corrected chi connectivity index (χ2v) is 7.76. The summed E-state index contributed by atoms with van der Waals surface area (Å²) in [7, 11) is 12.6. The minimum Gasteiger partial charge on any atom is -0.726 e. The van der Waals surface area contributed by atoms with Crippen LogP contribution in [0.4, 0.5) is 0 Å². The van der Waals surface area contributed by atoms with Gasteiger partial charge in [-0.05, 0) is 13.0 Å². The van der Waals surface area contributed by atoms with Crippen LogP contribution in [0, 0.1) is 0 Å². The highest BCUT2D eigenvalue weighted by Crippen LogP contribution is 1.80. The Bertz CT molecular complexity index is 356. The summed E-state index contributed by atoms with van der Waals surface area (Å²) < 4.78 is 34.0. The number of carbonyl (C=O) groups is 1. The van der Waals surface area contributed by atoms with Crippen LogP contribution >= 0.6 is 0 Å². The third-order valence-corrected chi connectivity index (χ3v) is 0.953. The molecule has 0 aromatic heterocycles. The Labute approximate surface area is 135 Å². The number of hydrogen-bond acceptors (Lipinski definition) is 6. The van der Waals surface area contributed by atoms with Crippen LogP contribution in [-0.4, -0.2) is 90.9 Å². The highest BCUT2D eigenvalue weighted by Gasteiger charge is 1.88. The molecule has 0 bridgehead atoms. The van der Waals surface area contributed by atoms with Crippen molar-refractivity contribution in [3.8, 4) is 0 Å². The topological polar surface area (TPSA) is 107 Å². The van der Waals surface area contributed by atoms with E-state index in [-0.39, 0.29) is 6.61 Å². The minimum atomic E-state index is -4.42. The van der Waals surface area contributed by atoms with Crippen molar-refractivity contribution >= 4 is 16.4 Å². The van der Waals surface area contributed by atoms with Gasteiger partial charge in [0.15, 0.2) is 0 Å². The van der Waals surface area contributed by atoms with Crippen LogP contribution in [0.2, 0.25) is 0 Å². The molecule has 0 unspecified atom stereocenters. The molecule has 0 N–H and O–H groups in total. The second kappa shape index (κ2) is 13.6. The number of nitrogens with zero attached hydrogens (tertiary/aromatic N) is 2. The van der Waals surface area contributed by atoms with Crippen molar-refractivity contribution < 1.29 is 36.0 Å². The summed E-state index contributed by atoms with van der Waals surface area (Å²) in [4.78, 5) is 9.14. The largest absolute Gasteiger partial charge is 0.726 e. The molecule has 0 heterocycles. The first-order chi connectivity index (χ1) is 9.33. The Kier molecular flexibility index (Phi) is 18.0. The Morgan fingerprint density at radius 2 is 1.23 bits per heavy atom. The summed E-state index contributed by atoms with van der Waals surface area (Å²) in [6, 6.07) is 0. The first-order valence-electron chi connectivity index (χ1n) is 6.35. The molecule has 0 aromatic carbocycles. The first-order valence-corrected chi connectivity index (χ1v) is 7.68. The lowest BCUT2D eigenvalue weighted by atomic mass is 10.7. The molecule has 8 nitrogen and oxygen atoms in total. The lowest BCUT2D eigenvalue weighted by molar-refractivity contribution is -0.849. The Morgan fingerprint density at radius 1 is 1.05 bits per heavy atom. The van der Waals surface area contributed by atoms with E-state index in [1.807, 2.05) is 0 Å². The minimum absolute atomic E-state index is 0.0914. The molecule has 0 saturated carbocycles. The normalized spacial score (nSPS) is 10.6. The fourth-order valence-corrected chi connectivity index (χ4v) is 0.433. The maximum Gasteiger partial charge on any atom is 0.217 e. The number of hydrogen-bond donors (Lipinski definition) is 0. The van der Waals surface area contributed by atoms with Gasteiger partial charge in [-0.2, -0.15) is 0 Å². The molecule has 0 saturated heterocycles.